The van der Waals surface area contributed by atoms with Crippen LogP contribution >= 0.6 is 11.6 Å². The zero-order valence-corrected chi connectivity index (χ0v) is 8.99. The predicted octanol–water partition coefficient (Wildman–Crippen LogP) is 1.89. The Kier molecular flexibility index (Phi) is 4.12. The molecule has 4 nitrogen and oxygen atoms in total. The maximum atomic E-state index is 10.8. The van der Waals surface area contributed by atoms with E-state index in [1.54, 1.807) is 18.2 Å². The number of carbonyl (C=O) groups excluding carboxylic acids is 1. The van der Waals surface area contributed by atoms with E-state index in [0.717, 1.165) is 0 Å². The van der Waals surface area contributed by atoms with Gasteiger partial charge in [0.1, 0.15) is 0 Å². The highest BCUT2D eigenvalue weighted by molar-refractivity contribution is 6.30. The average molecular weight is 227 g/mol. The number of nitrogens with two attached hydrogens (primary N) is 1. The lowest BCUT2D eigenvalue weighted by Gasteiger charge is -1.99. The first-order valence-electron chi connectivity index (χ1n) is 4.28. The molecule has 0 spiro atoms. The van der Waals surface area contributed by atoms with Crippen molar-refractivity contribution >= 4 is 29.3 Å². The molecule has 0 fully saturated rings. The fourth-order valence-electron chi connectivity index (χ4n) is 0.955. The Morgan fingerprint density at radius 2 is 2.47 bits per heavy atom. The second-order valence-corrected chi connectivity index (χ2v) is 3.25. The number of nitrogen functional groups attached to an aromatic ring is 1. The molecule has 0 aliphatic rings. The molecule has 0 amide bonds. The third-order valence-electron chi connectivity index (χ3n) is 1.70. The second kappa shape index (κ2) is 5.36. The summed E-state index contributed by atoms with van der Waals surface area (Å²) in [5.41, 5.74) is 6.72. The molecule has 1 aromatic rings. The van der Waals surface area contributed by atoms with Gasteiger partial charge >= 0.3 is 5.97 Å². The summed E-state index contributed by atoms with van der Waals surface area (Å²) in [4.78, 5) is 14.8. The SMILES string of the molecule is COC(=O)CC=Cc1ncc(Cl)cc1N. The highest BCUT2D eigenvalue weighted by atomic mass is 35.5. The molecule has 0 atom stereocenters. The van der Waals surface area contributed by atoms with Gasteiger partial charge in [0, 0.05) is 6.20 Å². The van der Waals surface area contributed by atoms with E-state index in [0.29, 0.717) is 16.4 Å². The molecule has 2 N–H and O–H groups in total. The molecular formula is C10H11ClN2O2. The molecule has 0 saturated carbocycles. The van der Waals surface area contributed by atoms with Gasteiger partial charge in [0.25, 0.3) is 0 Å². The molecule has 0 aromatic carbocycles. The first-order valence-corrected chi connectivity index (χ1v) is 4.65. The number of esters is 1. The number of rotatable bonds is 3. The Morgan fingerprint density at radius 3 is 3.07 bits per heavy atom. The van der Waals surface area contributed by atoms with Gasteiger partial charge in [-0.1, -0.05) is 17.7 Å². The first kappa shape index (κ1) is 11.5. The van der Waals surface area contributed by atoms with E-state index < -0.39 is 0 Å². The number of aromatic nitrogens is 1. The zero-order valence-electron chi connectivity index (χ0n) is 8.24. The molecule has 0 radical (unpaired) electrons. The molecule has 0 saturated heterocycles. The van der Waals surface area contributed by atoms with Gasteiger partial charge in [0.05, 0.1) is 29.9 Å². The van der Waals surface area contributed by atoms with Gasteiger partial charge < -0.3 is 10.5 Å². The van der Waals surface area contributed by atoms with E-state index >= 15 is 0 Å². The number of nitrogens with zero attached hydrogens (tertiary/aromatic N) is 1. The van der Waals surface area contributed by atoms with E-state index in [1.165, 1.54) is 13.3 Å². The summed E-state index contributed by atoms with van der Waals surface area (Å²) in [5, 5.41) is 0.484. The molecule has 0 bridgehead atoms. The highest BCUT2D eigenvalue weighted by Gasteiger charge is 1.99. The number of anilines is 1. The van der Waals surface area contributed by atoms with Crippen molar-refractivity contribution in [1.82, 2.24) is 4.98 Å². The van der Waals surface area contributed by atoms with Crippen LogP contribution in [0.5, 0.6) is 0 Å². The largest absolute Gasteiger partial charge is 0.469 e. The van der Waals surface area contributed by atoms with Crippen molar-refractivity contribution in [2.45, 2.75) is 6.42 Å². The summed E-state index contributed by atoms with van der Waals surface area (Å²) in [6, 6.07) is 1.60. The normalized spacial score (nSPS) is 10.5. The summed E-state index contributed by atoms with van der Waals surface area (Å²) in [6.07, 6.45) is 4.98. The van der Waals surface area contributed by atoms with Crippen molar-refractivity contribution in [2.75, 3.05) is 12.8 Å². The Balaban J connectivity index is 2.68. The number of hydrogen-bond donors (Lipinski definition) is 1. The van der Waals surface area contributed by atoms with Gasteiger partial charge in [-0.3, -0.25) is 9.78 Å². The van der Waals surface area contributed by atoms with Crippen LogP contribution in [0.25, 0.3) is 6.08 Å². The monoisotopic (exact) mass is 226 g/mol. The van der Waals surface area contributed by atoms with Crippen molar-refractivity contribution in [1.29, 1.82) is 0 Å². The van der Waals surface area contributed by atoms with Gasteiger partial charge in [-0.15, -0.1) is 0 Å². The molecule has 5 heteroatoms. The minimum absolute atomic E-state index is 0.195. The van der Waals surface area contributed by atoms with Crippen LogP contribution in [0.2, 0.25) is 5.02 Å². The summed E-state index contributed by atoms with van der Waals surface area (Å²) < 4.78 is 4.47. The topological polar surface area (TPSA) is 65.2 Å². The van der Waals surface area contributed by atoms with Crippen LogP contribution in [0, 0.1) is 0 Å². The standard InChI is InChI=1S/C10H11ClN2O2/c1-15-10(14)4-2-3-9-8(12)5-7(11)6-13-9/h2-3,5-6H,4,12H2,1H3. The van der Waals surface area contributed by atoms with Crippen LogP contribution in [-0.2, 0) is 9.53 Å². The van der Waals surface area contributed by atoms with Gasteiger partial charge in [-0.05, 0) is 12.1 Å². The van der Waals surface area contributed by atoms with Crippen LogP contribution in [0.4, 0.5) is 5.69 Å². The van der Waals surface area contributed by atoms with Crippen LogP contribution in [0.3, 0.4) is 0 Å². The molecule has 80 valence electrons. The van der Waals surface area contributed by atoms with Gasteiger partial charge in [0.15, 0.2) is 0 Å². The molecular weight excluding hydrogens is 216 g/mol. The van der Waals surface area contributed by atoms with Crippen LogP contribution in [0.15, 0.2) is 18.3 Å². The van der Waals surface area contributed by atoms with Crippen LogP contribution in [0.1, 0.15) is 12.1 Å². The van der Waals surface area contributed by atoms with Gasteiger partial charge in [-0.2, -0.15) is 0 Å². The fraction of sp³-hybridized carbons (Fsp3) is 0.200. The van der Waals surface area contributed by atoms with Crippen molar-refractivity contribution in [3.63, 3.8) is 0 Å². The summed E-state index contributed by atoms with van der Waals surface area (Å²) in [5.74, 6) is -0.307. The molecule has 1 rings (SSSR count). The fourth-order valence-corrected chi connectivity index (χ4v) is 1.12. The second-order valence-electron chi connectivity index (χ2n) is 2.81. The van der Waals surface area contributed by atoms with Crippen molar-refractivity contribution in [3.05, 3.63) is 29.1 Å². The number of halogens is 1. The van der Waals surface area contributed by atoms with E-state index in [-0.39, 0.29) is 12.4 Å². The highest BCUT2D eigenvalue weighted by Crippen LogP contribution is 2.16. The molecule has 15 heavy (non-hydrogen) atoms. The molecule has 1 heterocycles. The first-order chi connectivity index (χ1) is 7.13. The number of hydrogen-bond acceptors (Lipinski definition) is 4. The van der Waals surface area contributed by atoms with Crippen molar-refractivity contribution < 1.29 is 9.53 Å². The Bertz CT molecular complexity index is 391. The van der Waals surface area contributed by atoms with E-state index in [2.05, 4.69) is 9.72 Å². The minimum atomic E-state index is -0.307. The van der Waals surface area contributed by atoms with Crippen LogP contribution < -0.4 is 5.73 Å². The number of carbonyl (C=O) groups is 1. The third-order valence-corrected chi connectivity index (χ3v) is 1.91. The Hall–Kier alpha value is -1.55. The van der Waals surface area contributed by atoms with E-state index in [9.17, 15) is 4.79 Å². The smallest absolute Gasteiger partial charge is 0.309 e. The lowest BCUT2D eigenvalue weighted by atomic mass is 10.2. The van der Waals surface area contributed by atoms with Crippen LogP contribution in [-0.4, -0.2) is 18.1 Å². The number of methoxy groups -OCH3 is 1. The predicted molar refractivity (Wildman–Crippen MR) is 59.3 cm³/mol. The Labute approximate surface area is 92.7 Å². The quantitative estimate of drug-likeness (QED) is 0.800. The van der Waals surface area contributed by atoms with Gasteiger partial charge in [0.2, 0.25) is 0 Å². The lowest BCUT2D eigenvalue weighted by molar-refractivity contribution is -0.139. The molecule has 0 aliphatic heterocycles. The minimum Gasteiger partial charge on any atom is -0.469 e. The summed E-state index contributed by atoms with van der Waals surface area (Å²) in [7, 11) is 1.34. The van der Waals surface area contributed by atoms with Gasteiger partial charge in [-0.25, -0.2) is 0 Å². The Morgan fingerprint density at radius 1 is 1.73 bits per heavy atom. The average Bonchev–Trinajstić information content (AvgIpc) is 2.21. The third kappa shape index (κ3) is 3.59. The van der Waals surface area contributed by atoms with Crippen molar-refractivity contribution in [2.24, 2.45) is 0 Å². The molecule has 0 aliphatic carbocycles. The number of ether oxygens (including phenoxy) is 1. The number of pyridine rings is 1. The van der Waals surface area contributed by atoms with E-state index in [1.807, 2.05) is 0 Å². The maximum Gasteiger partial charge on any atom is 0.309 e. The zero-order chi connectivity index (χ0) is 11.3. The summed E-state index contributed by atoms with van der Waals surface area (Å²) in [6.45, 7) is 0. The lowest BCUT2D eigenvalue weighted by Crippen LogP contribution is -1.97. The summed E-state index contributed by atoms with van der Waals surface area (Å²) >= 11 is 5.68. The molecule has 1 aromatic heterocycles. The maximum absolute atomic E-state index is 10.8. The van der Waals surface area contributed by atoms with E-state index in [4.69, 9.17) is 17.3 Å². The molecule has 0 unspecified atom stereocenters. The van der Waals surface area contributed by atoms with Crippen molar-refractivity contribution in [3.8, 4) is 0 Å².